The monoisotopic (exact) mass is 431 g/mol. The molecular formula is C21H26FN5O2S. The quantitative estimate of drug-likeness (QED) is 0.495. The minimum absolute atomic E-state index is 0.0218. The van der Waals surface area contributed by atoms with Gasteiger partial charge in [0.2, 0.25) is 5.91 Å². The van der Waals surface area contributed by atoms with Crippen molar-refractivity contribution in [2.75, 3.05) is 25.4 Å². The third kappa shape index (κ3) is 5.09. The summed E-state index contributed by atoms with van der Waals surface area (Å²) in [4.78, 5) is 14.7. The zero-order chi connectivity index (χ0) is 21.5. The van der Waals surface area contributed by atoms with Gasteiger partial charge in [-0.1, -0.05) is 37.7 Å². The predicted octanol–water partition coefficient (Wildman–Crippen LogP) is 3.51. The molecule has 0 saturated carbocycles. The molecule has 2 aromatic heterocycles. The van der Waals surface area contributed by atoms with Crippen molar-refractivity contribution in [2.24, 2.45) is 7.05 Å². The Kier molecular flexibility index (Phi) is 7.64. The first-order valence-corrected chi connectivity index (χ1v) is 10.8. The van der Waals surface area contributed by atoms with E-state index in [2.05, 4.69) is 34.3 Å². The summed E-state index contributed by atoms with van der Waals surface area (Å²) in [6, 6.07) is 10.2. The number of furan rings is 1. The van der Waals surface area contributed by atoms with Crippen LogP contribution in [0.15, 0.2) is 52.2 Å². The van der Waals surface area contributed by atoms with Gasteiger partial charge in [-0.3, -0.25) is 9.69 Å². The molecule has 1 unspecified atom stereocenters. The van der Waals surface area contributed by atoms with E-state index < -0.39 is 0 Å². The van der Waals surface area contributed by atoms with Crippen LogP contribution in [0.3, 0.4) is 0 Å². The van der Waals surface area contributed by atoms with E-state index in [1.807, 2.05) is 12.1 Å². The van der Waals surface area contributed by atoms with Gasteiger partial charge in [0.25, 0.3) is 0 Å². The zero-order valence-corrected chi connectivity index (χ0v) is 18.2. The van der Waals surface area contributed by atoms with Crippen molar-refractivity contribution in [3.8, 4) is 11.4 Å². The molecule has 160 valence electrons. The fourth-order valence-electron chi connectivity index (χ4n) is 3.26. The number of aromatic nitrogens is 3. The summed E-state index contributed by atoms with van der Waals surface area (Å²) >= 11 is 1.26. The number of thioether (sulfide) groups is 1. The molecule has 0 aliphatic heterocycles. The lowest BCUT2D eigenvalue weighted by atomic mass is 10.2. The highest BCUT2D eigenvalue weighted by atomic mass is 32.2. The third-order valence-electron chi connectivity index (χ3n) is 4.90. The number of hydrogen-bond donors (Lipinski definition) is 1. The predicted molar refractivity (Wildman–Crippen MR) is 115 cm³/mol. The Labute approximate surface area is 179 Å². The molecule has 7 nitrogen and oxygen atoms in total. The Balaban J connectivity index is 1.59. The second-order valence-electron chi connectivity index (χ2n) is 6.69. The summed E-state index contributed by atoms with van der Waals surface area (Å²) in [6.07, 6.45) is 1.64. The summed E-state index contributed by atoms with van der Waals surface area (Å²) in [5, 5.41) is 11.7. The molecule has 0 radical (unpaired) electrons. The van der Waals surface area contributed by atoms with Crippen LogP contribution in [0.4, 0.5) is 4.39 Å². The first kappa shape index (κ1) is 22.0. The average Bonchev–Trinajstić information content (AvgIpc) is 3.40. The fraction of sp³-hybridized carbons (Fsp3) is 0.381. The number of nitrogens with zero attached hydrogens (tertiary/aromatic N) is 4. The molecule has 0 fully saturated rings. The standard InChI is InChI=1S/C21H26FN5O2S/c1-4-27(5-2)17(18-11-8-12-29-18)13-23-19(28)14-30-21-25-24-20(26(21)3)15-9-6-7-10-16(15)22/h6-12,17H,4-5,13-14H2,1-3H3,(H,23,28). The lowest BCUT2D eigenvalue weighted by molar-refractivity contribution is -0.118. The number of nitrogens with one attached hydrogen (secondary N) is 1. The van der Waals surface area contributed by atoms with E-state index in [0.717, 1.165) is 18.8 Å². The van der Waals surface area contributed by atoms with E-state index in [-0.39, 0.29) is 23.5 Å². The Hall–Kier alpha value is -2.65. The highest BCUT2D eigenvalue weighted by molar-refractivity contribution is 7.99. The summed E-state index contributed by atoms with van der Waals surface area (Å²) in [5.74, 6) is 0.971. The maximum atomic E-state index is 14.0. The van der Waals surface area contributed by atoms with Crippen molar-refractivity contribution in [1.29, 1.82) is 0 Å². The van der Waals surface area contributed by atoms with Gasteiger partial charge in [0, 0.05) is 13.6 Å². The number of hydrogen-bond acceptors (Lipinski definition) is 6. The van der Waals surface area contributed by atoms with E-state index in [0.29, 0.717) is 23.1 Å². The molecular weight excluding hydrogens is 405 g/mol. The van der Waals surface area contributed by atoms with Crippen LogP contribution in [-0.4, -0.2) is 51.0 Å². The van der Waals surface area contributed by atoms with Gasteiger partial charge in [-0.15, -0.1) is 10.2 Å². The van der Waals surface area contributed by atoms with Gasteiger partial charge >= 0.3 is 0 Å². The average molecular weight is 432 g/mol. The molecule has 30 heavy (non-hydrogen) atoms. The van der Waals surface area contributed by atoms with Crippen LogP contribution in [0.1, 0.15) is 25.6 Å². The largest absolute Gasteiger partial charge is 0.468 e. The molecule has 2 heterocycles. The van der Waals surface area contributed by atoms with Crippen LogP contribution in [-0.2, 0) is 11.8 Å². The minimum Gasteiger partial charge on any atom is -0.468 e. The lowest BCUT2D eigenvalue weighted by Crippen LogP contribution is -2.38. The van der Waals surface area contributed by atoms with E-state index >= 15 is 0 Å². The number of carbonyl (C=O) groups is 1. The molecule has 0 spiro atoms. The number of benzene rings is 1. The van der Waals surface area contributed by atoms with E-state index in [9.17, 15) is 9.18 Å². The molecule has 1 N–H and O–H groups in total. The molecule has 0 saturated heterocycles. The number of rotatable bonds is 10. The second-order valence-corrected chi connectivity index (χ2v) is 7.63. The van der Waals surface area contributed by atoms with Crippen molar-refractivity contribution in [2.45, 2.75) is 25.0 Å². The molecule has 0 aliphatic carbocycles. The van der Waals surface area contributed by atoms with Crippen LogP contribution in [0.2, 0.25) is 0 Å². The SMILES string of the molecule is CCN(CC)C(CNC(=O)CSc1nnc(-c2ccccc2F)n1C)c1ccco1. The van der Waals surface area contributed by atoms with Gasteiger partial charge in [-0.25, -0.2) is 4.39 Å². The van der Waals surface area contributed by atoms with Gasteiger partial charge in [0.1, 0.15) is 11.6 Å². The van der Waals surface area contributed by atoms with Gasteiger partial charge in [0.05, 0.1) is 23.6 Å². The molecule has 1 amide bonds. The second kappa shape index (κ2) is 10.4. The first-order valence-electron chi connectivity index (χ1n) is 9.86. The maximum absolute atomic E-state index is 14.0. The van der Waals surface area contributed by atoms with Crippen molar-refractivity contribution in [1.82, 2.24) is 25.0 Å². The highest BCUT2D eigenvalue weighted by Gasteiger charge is 2.21. The number of likely N-dealkylation sites (N-methyl/N-ethyl adjacent to an activating group) is 1. The molecule has 0 bridgehead atoms. The van der Waals surface area contributed by atoms with Crippen LogP contribution < -0.4 is 5.32 Å². The van der Waals surface area contributed by atoms with Crippen molar-refractivity contribution < 1.29 is 13.6 Å². The van der Waals surface area contributed by atoms with Gasteiger partial charge in [0.15, 0.2) is 11.0 Å². The van der Waals surface area contributed by atoms with Crippen molar-refractivity contribution in [3.05, 3.63) is 54.2 Å². The van der Waals surface area contributed by atoms with Crippen LogP contribution in [0, 0.1) is 5.82 Å². The Morgan fingerprint density at radius 1 is 1.23 bits per heavy atom. The van der Waals surface area contributed by atoms with Crippen molar-refractivity contribution in [3.63, 3.8) is 0 Å². The van der Waals surface area contributed by atoms with Gasteiger partial charge in [-0.2, -0.15) is 0 Å². The van der Waals surface area contributed by atoms with Crippen LogP contribution in [0.25, 0.3) is 11.4 Å². The molecule has 0 aliphatic rings. The van der Waals surface area contributed by atoms with E-state index in [1.165, 1.54) is 17.8 Å². The highest BCUT2D eigenvalue weighted by Crippen LogP contribution is 2.25. The topological polar surface area (TPSA) is 76.2 Å². The number of amides is 1. The maximum Gasteiger partial charge on any atom is 0.230 e. The Morgan fingerprint density at radius 2 is 2.00 bits per heavy atom. The summed E-state index contributed by atoms with van der Waals surface area (Å²) in [7, 11) is 1.76. The zero-order valence-electron chi connectivity index (χ0n) is 17.3. The molecule has 9 heteroatoms. The number of carbonyl (C=O) groups excluding carboxylic acids is 1. The minimum atomic E-state index is -0.359. The van der Waals surface area contributed by atoms with E-state index in [4.69, 9.17) is 4.42 Å². The van der Waals surface area contributed by atoms with E-state index in [1.54, 1.807) is 36.1 Å². The van der Waals surface area contributed by atoms with Gasteiger partial charge in [-0.05, 0) is 37.4 Å². The third-order valence-corrected chi connectivity index (χ3v) is 5.92. The van der Waals surface area contributed by atoms with Gasteiger partial charge < -0.3 is 14.3 Å². The molecule has 3 aromatic rings. The van der Waals surface area contributed by atoms with Crippen LogP contribution in [0.5, 0.6) is 0 Å². The molecule has 3 rings (SSSR count). The molecule has 1 aromatic carbocycles. The van der Waals surface area contributed by atoms with Crippen LogP contribution >= 0.6 is 11.8 Å². The fourth-order valence-corrected chi connectivity index (χ4v) is 4.01. The summed E-state index contributed by atoms with van der Waals surface area (Å²) in [6.45, 7) is 6.32. The normalized spacial score (nSPS) is 12.3. The summed E-state index contributed by atoms with van der Waals surface area (Å²) < 4.78 is 21.3. The summed E-state index contributed by atoms with van der Waals surface area (Å²) in [5.41, 5.74) is 0.379. The Bertz CT molecular complexity index is 956. The molecule has 1 atom stereocenters. The lowest BCUT2D eigenvalue weighted by Gasteiger charge is -2.28. The smallest absolute Gasteiger partial charge is 0.230 e. The first-order chi connectivity index (χ1) is 14.5. The number of halogens is 1. The van der Waals surface area contributed by atoms with Crippen molar-refractivity contribution >= 4 is 17.7 Å². The Morgan fingerprint density at radius 3 is 2.67 bits per heavy atom.